The van der Waals surface area contributed by atoms with E-state index in [9.17, 15) is 18.0 Å². The van der Waals surface area contributed by atoms with Crippen LogP contribution in [-0.4, -0.2) is 31.2 Å². The van der Waals surface area contributed by atoms with Crippen LogP contribution in [0.4, 0.5) is 5.69 Å². The molecular weight excluding hydrogens is 260 g/mol. The summed E-state index contributed by atoms with van der Waals surface area (Å²) in [5.41, 5.74) is 5.52. The molecule has 98 valence electrons. The van der Waals surface area contributed by atoms with Crippen LogP contribution in [0.5, 0.6) is 0 Å². The number of carboxylic acid groups (broad SMARTS) is 1. The third kappa shape index (κ3) is 4.42. The monoisotopic (exact) mass is 272 g/mol. The van der Waals surface area contributed by atoms with E-state index < -0.39 is 34.1 Å². The molecule has 0 heterocycles. The van der Waals surface area contributed by atoms with Gasteiger partial charge in [0.2, 0.25) is 15.9 Å². The van der Waals surface area contributed by atoms with Crippen LogP contribution in [0.15, 0.2) is 24.3 Å². The molecule has 1 rings (SSSR count). The third-order valence-corrected chi connectivity index (χ3v) is 3.32. The Hall–Kier alpha value is -2.09. The van der Waals surface area contributed by atoms with Crippen molar-refractivity contribution in [2.45, 2.75) is 6.42 Å². The summed E-state index contributed by atoms with van der Waals surface area (Å²) in [5.74, 6) is -2.32. The molecule has 4 N–H and O–H groups in total. The predicted octanol–water partition coefficient (Wildman–Crippen LogP) is 0.00190. The minimum absolute atomic E-state index is 0.241. The first-order valence-corrected chi connectivity index (χ1v) is 6.57. The molecule has 0 bridgehead atoms. The Morgan fingerprint density at radius 3 is 2.22 bits per heavy atom. The van der Waals surface area contributed by atoms with Gasteiger partial charge in [0, 0.05) is 11.3 Å². The number of carboxylic acids is 1. The van der Waals surface area contributed by atoms with Gasteiger partial charge in [0.15, 0.2) is 0 Å². The number of benzene rings is 1. The van der Waals surface area contributed by atoms with Crippen LogP contribution in [-0.2, 0) is 14.8 Å². The lowest BCUT2D eigenvalue weighted by molar-refractivity contribution is -0.136. The molecule has 0 saturated carbocycles. The number of hydrogen-bond donors (Lipinski definition) is 3. The SMILES string of the molecule is NC(=O)c1ccc(NS(=O)(=O)CCC(=O)O)cc1. The summed E-state index contributed by atoms with van der Waals surface area (Å²) in [6, 6.07) is 5.49. The fraction of sp³-hybridized carbons (Fsp3) is 0.200. The summed E-state index contributed by atoms with van der Waals surface area (Å²) >= 11 is 0. The summed E-state index contributed by atoms with van der Waals surface area (Å²) in [6.07, 6.45) is -0.477. The average molecular weight is 272 g/mol. The minimum Gasteiger partial charge on any atom is -0.481 e. The van der Waals surface area contributed by atoms with Gasteiger partial charge >= 0.3 is 5.97 Å². The number of hydrogen-bond acceptors (Lipinski definition) is 4. The lowest BCUT2D eigenvalue weighted by Gasteiger charge is -2.07. The number of amides is 1. The Morgan fingerprint density at radius 1 is 1.22 bits per heavy atom. The van der Waals surface area contributed by atoms with Gasteiger partial charge in [0.25, 0.3) is 0 Å². The summed E-state index contributed by atoms with van der Waals surface area (Å²) < 4.78 is 25.1. The van der Waals surface area contributed by atoms with E-state index in [0.29, 0.717) is 0 Å². The van der Waals surface area contributed by atoms with E-state index in [0.717, 1.165) is 0 Å². The zero-order valence-electron chi connectivity index (χ0n) is 9.29. The molecule has 1 aromatic rings. The molecule has 0 radical (unpaired) electrons. The van der Waals surface area contributed by atoms with Crippen molar-refractivity contribution >= 4 is 27.6 Å². The summed E-state index contributed by atoms with van der Waals surface area (Å²) in [5, 5.41) is 8.40. The van der Waals surface area contributed by atoms with Gasteiger partial charge < -0.3 is 10.8 Å². The summed E-state index contributed by atoms with van der Waals surface area (Å²) in [6.45, 7) is 0. The minimum atomic E-state index is -3.71. The zero-order chi connectivity index (χ0) is 13.8. The van der Waals surface area contributed by atoms with Gasteiger partial charge in [-0.25, -0.2) is 8.42 Å². The first-order valence-electron chi connectivity index (χ1n) is 4.92. The zero-order valence-corrected chi connectivity index (χ0v) is 10.1. The molecule has 8 heteroatoms. The lowest BCUT2D eigenvalue weighted by Crippen LogP contribution is -2.19. The first kappa shape index (κ1) is 14.0. The van der Waals surface area contributed by atoms with Crippen LogP contribution in [0.25, 0.3) is 0 Å². The Bertz CT molecular complexity index is 550. The van der Waals surface area contributed by atoms with Gasteiger partial charge in [-0.15, -0.1) is 0 Å². The predicted molar refractivity (Wildman–Crippen MR) is 64.6 cm³/mol. The number of aliphatic carboxylic acids is 1. The van der Waals surface area contributed by atoms with E-state index in [1.807, 2.05) is 0 Å². The number of rotatable bonds is 6. The van der Waals surface area contributed by atoms with Crippen LogP contribution in [0.1, 0.15) is 16.8 Å². The van der Waals surface area contributed by atoms with Crippen molar-refractivity contribution < 1.29 is 23.1 Å². The molecular formula is C10H12N2O5S. The Kier molecular flexibility index (Phi) is 4.27. The molecule has 0 spiro atoms. The number of nitrogens with one attached hydrogen (secondary N) is 1. The fourth-order valence-corrected chi connectivity index (χ4v) is 2.20. The second-order valence-corrected chi connectivity index (χ2v) is 5.35. The van der Waals surface area contributed by atoms with Crippen LogP contribution in [0, 0.1) is 0 Å². The molecule has 0 saturated heterocycles. The largest absolute Gasteiger partial charge is 0.481 e. The molecule has 0 unspecified atom stereocenters. The Labute approximate surface area is 104 Å². The normalized spacial score (nSPS) is 10.9. The molecule has 1 aromatic carbocycles. The Morgan fingerprint density at radius 2 is 1.78 bits per heavy atom. The second kappa shape index (κ2) is 5.50. The van der Waals surface area contributed by atoms with E-state index >= 15 is 0 Å². The number of sulfonamides is 1. The highest BCUT2D eigenvalue weighted by Crippen LogP contribution is 2.11. The smallest absolute Gasteiger partial charge is 0.304 e. The van der Waals surface area contributed by atoms with Crippen molar-refractivity contribution in [1.29, 1.82) is 0 Å². The van der Waals surface area contributed by atoms with Gasteiger partial charge in [-0.3, -0.25) is 14.3 Å². The Balaban J connectivity index is 2.72. The first-order chi connectivity index (χ1) is 8.30. The van der Waals surface area contributed by atoms with Gasteiger partial charge in [-0.05, 0) is 24.3 Å². The van der Waals surface area contributed by atoms with Crippen LogP contribution >= 0.6 is 0 Å². The maximum atomic E-state index is 11.5. The maximum absolute atomic E-state index is 11.5. The molecule has 0 fully saturated rings. The number of primary amides is 1. The molecule has 0 aliphatic rings. The van der Waals surface area contributed by atoms with Gasteiger partial charge in [-0.2, -0.15) is 0 Å². The molecule has 0 aromatic heterocycles. The van der Waals surface area contributed by atoms with Crippen molar-refractivity contribution in [1.82, 2.24) is 0 Å². The maximum Gasteiger partial charge on any atom is 0.304 e. The van der Waals surface area contributed by atoms with Crippen LogP contribution in [0.3, 0.4) is 0 Å². The van der Waals surface area contributed by atoms with Crippen molar-refractivity contribution in [3.63, 3.8) is 0 Å². The van der Waals surface area contributed by atoms with Crippen molar-refractivity contribution in [2.24, 2.45) is 5.73 Å². The van der Waals surface area contributed by atoms with Crippen molar-refractivity contribution in [3.8, 4) is 0 Å². The van der Waals surface area contributed by atoms with E-state index in [1.165, 1.54) is 24.3 Å². The van der Waals surface area contributed by atoms with E-state index in [-0.39, 0.29) is 11.3 Å². The lowest BCUT2D eigenvalue weighted by atomic mass is 10.2. The van der Waals surface area contributed by atoms with E-state index in [1.54, 1.807) is 0 Å². The van der Waals surface area contributed by atoms with Gasteiger partial charge in [0.1, 0.15) is 0 Å². The number of anilines is 1. The quantitative estimate of drug-likeness (QED) is 0.672. The number of carbonyl (C=O) groups is 2. The molecule has 1 amide bonds. The number of nitrogens with two attached hydrogens (primary N) is 1. The fourth-order valence-electron chi connectivity index (χ4n) is 1.15. The summed E-state index contributed by atoms with van der Waals surface area (Å²) in [7, 11) is -3.71. The van der Waals surface area contributed by atoms with Gasteiger partial charge in [-0.1, -0.05) is 0 Å². The second-order valence-electron chi connectivity index (χ2n) is 3.51. The van der Waals surface area contributed by atoms with Crippen molar-refractivity contribution in [3.05, 3.63) is 29.8 Å². The standard InChI is InChI=1S/C10H12N2O5S/c11-10(15)7-1-3-8(4-2-7)12-18(16,17)6-5-9(13)14/h1-4,12H,5-6H2,(H2,11,15)(H,13,14). The molecule has 0 aliphatic heterocycles. The molecule has 0 aliphatic carbocycles. The highest BCUT2D eigenvalue weighted by molar-refractivity contribution is 7.92. The molecule has 7 nitrogen and oxygen atoms in total. The van der Waals surface area contributed by atoms with Crippen LogP contribution < -0.4 is 10.5 Å². The highest BCUT2D eigenvalue weighted by atomic mass is 32.2. The number of carbonyl (C=O) groups excluding carboxylic acids is 1. The molecule has 18 heavy (non-hydrogen) atoms. The average Bonchev–Trinajstić information content (AvgIpc) is 2.27. The topological polar surface area (TPSA) is 127 Å². The van der Waals surface area contributed by atoms with E-state index in [4.69, 9.17) is 10.8 Å². The highest BCUT2D eigenvalue weighted by Gasteiger charge is 2.12. The van der Waals surface area contributed by atoms with E-state index in [2.05, 4.69) is 4.72 Å². The van der Waals surface area contributed by atoms with Gasteiger partial charge in [0.05, 0.1) is 12.2 Å². The van der Waals surface area contributed by atoms with Crippen LogP contribution in [0.2, 0.25) is 0 Å². The van der Waals surface area contributed by atoms with Crippen molar-refractivity contribution in [2.75, 3.05) is 10.5 Å². The molecule has 0 atom stereocenters. The third-order valence-electron chi connectivity index (χ3n) is 2.03. The summed E-state index contributed by atoms with van der Waals surface area (Å²) in [4.78, 5) is 21.1.